The Morgan fingerprint density at radius 2 is 1.90 bits per heavy atom. The van der Waals surface area contributed by atoms with Crippen molar-refractivity contribution in [3.05, 3.63) is 48.0 Å². The van der Waals surface area contributed by atoms with Crippen molar-refractivity contribution in [3.63, 3.8) is 0 Å². The largest absolute Gasteiger partial charge is 0.456 e. The lowest BCUT2D eigenvalue weighted by molar-refractivity contribution is -0.0709. The second-order valence-corrected chi connectivity index (χ2v) is 4.71. The fourth-order valence-corrected chi connectivity index (χ4v) is 2.34. The summed E-state index contributed by atoms with van der Waals surface area (Å²) in [4.78, 5) is 11.0. The number of hydrogen-bond donors (Lipinski definition) is 2. The number of para-hydroxylation sites is 1. The van der Waals surface area contributed by atoms with E-state index >= 15 is 0 Å². The van der Waals surface area contributed by atoms with E-state index in [-0.39, 0.29) is 0 Å². The average molecular weight is 270 g/mol. The fraction of sp³-hybridized carbons (Fsp3) is 0.133. The number of hydrogen-bond acceptors (Lipinski definition) is 3. The molecule has 2 amide bonds. The molecule has 1 aromatic heterocycles. The smallest absolute Gasteiger partial charge is 0.339 e. The van der Waals surface area contributed by atoms with Crippen molar-refractivity contribution in [3.8, 4) is 0 Å². The summed E-state index contributed by atoms with van der Waals surface area (Å²) in [6.07, 6.45) is 0. The van der Waals surface area contributed by atoms with Gasteiger partial charge >= 0.3 is 6.03 Å². The number of nitrogens with two attached hydrogens (primary N) is 1. The van der Waals surface area contributed by atoms with Crippen LogP contribution in [0.4, 0.5) is 4.79 Å². The minimum absolute atomic E-state index is 0.517. The molecule has 20 heavy (non-hydrogen) atoms. The predicted molar refractivity (Wildman–Crippen MR) is 75.3 cm³/mol. The number of rotatable bonds is 2. The quantitative estimate of drug-likeness (QED) is 0.553. The lowest BCUT2D eigenvalue weighted by Crippen LogP contribution is -2.34. The number of nitrogens with zero attached hydrogens (tertiary/aromatic N) is 1. The summed E-state index contributed by atoms with van der Waals surface area (Å²) < 4.78 is 5.73. The van der Waals surface area contributed by atoms with Crippen LogP contribution in [0.25, 0.3) is 21.9 Å². The highest BCUT2D eigenvalue weighted by atomic mass is 16.5. The summed E-state index contributed by atoms with van der Waals surface area (Å²) in [5.74, 6) is 0. The first-order chi connectivity index (χ1) is 9.58. The molecule has 0 aliphatic rings. The number of furan rings is 1. The lowest BCUT2D eigenvalue weighted by Gasteiger charge is -2.20. The van der Waals surface area contributed by atoms with Crippen LogP contribution in [-0.4, -0.2) is 16.3 Å². The Hall–Kier alpha value is -2.53. The molecule has 5 nitrogen and oxygen atoms in total. The molecule has 0 saturated heterocycles. The number of amides is 2. The molecule has 3 rings (SSSR count). The van der Waals surface area contributed by atoms with Gasteiger partial charge in [0.1, 0.15) is 11.2 Å². The standard InChI is InChI=1S/C15H14N2O3/c1-9(17(19)15(16)18)10-6-7-14-12(8-10)11-4-2-3-5-13(11)20-14/h2-9,19H,1H3,(H2,16,18). The predicted octanol–water partition coefficient (Wildman–Crippen LogP) is 3.42. The van der Waals surface area contributed by atoms with Crippen molar-refractivity contribution >= 4 is 28.0 Å². The topological polar surface area (TPSA) is 79.7 Å². The Morgan fingerprint density at radius 1 is 1.20 bits per heavy atom. The minimum atomic E-state index is -0.880. The van der Waals surface area contributed by atoms with Crippen LogP contribution >= 0.6 is 0 Å². The highest BCUT2D eigenvalue weighted by Gasteiger charge is 2.18. The number of primary amides is 1. The molecule has 2 aromatic carbocycles. The van der Waals surface area contributed by atoms with Gasteiger partial charge in [0.25, 0.3) is 0 Å². The van der Waals surface area contributed by atoms with Crippen LogP contribution < -0.4 is 5.73 Å². The van der Waals surface area contributed by atoms with Gasteiger partial charge in [-0.25, -0.2) is 4.79 Å². The van der Waals surface area contributed by atoms with Gasteiger partial charge < -0.3 is 10.2 Å². The first-order valence-corrected chi connectivity index (χ1v) is 6.26. The van der Waals surface area contributed by atoms with E-state index in [2.05, 4.69) is 0 Å². The Balaban J connectivity index is 2.14. The molecule has 0 fully saturated rings. The van der Waals surface area contributed by atoms with Crippen molar-refractivity contribution in [1.82, 2.24) is 5.06 Å². The maximum absolute atomic E-state index is 11.0. The summed E-state index contributed by atoms with van der Waals surface area (Å²) in [7, 11) is 0. The molecule has 0 radical (unpaired) electrons. The first kappa shape index (κ1) is 12.5. The second kappa shape index (κ2) is 4.54. The third kappa shape index (κ3) is 1.88. The van der Waals surface area contributed by atoms with Crippen molar-refractivity contribution in [2.75, 3.05) is 0 Å². The molecule has 0 bridgehead atoms. The van der Waals surface area contributed by atoms with E-state index < -0.39 is 12.1 Å². The van der Waals surface area contributed by atoms with Gasteiger partial charge in [0.05, 0.1) is 6.04 Å². The third-order valence-corrected chi connectivity index (χ3v) is 3.48. The van der Waals surface area contributed by atoms with Gasteiger partial charge in [-0.3, -0.25) is 5.21 Å². The van der Waals surface area contributed by atoms with Crippen LogP contribution in [0.15, 0.2) is 46.9 Å². The Morgan fingerprint density at radius 3 is 2.65 bits per heavy atom. The Bertz CT molecular complexity index is 794. The summed E-state index contributed by atoms with van der Waals surface area (Å²) >= 11 is 0. The van der Waals surface area contributed by atoms with E-state index in [0.717, 1.165) is 27.5 Å². The molecule has 3 aromatic rings. The van der Waals surface area contributed by atoms with Crippen molar-refractivity contribution in [2.45, 2.75) is 13.0 Å². The lowest BCUT2D eigenvalue weighted by atomic mass is 10.0. The van der Waals surface area contributed by atoms with Crippen LogP contribution in [-0.2, 0) is 0 Å². The maximum Gasteiger partial charge on any atom is 0.339 e. The van der Waals surface area contributed by atoms with E-state index in [1.165, 1.54) is 0 Å². The van der Waals surface area contributed by atoms with E-state index in [1.54, 1.807) is 6.92 Å². The highest BCUT2D eigenvalue weighted by Crippen LogP contribution is 2.31. The van der Waals surface area contributed by atoms with Crippen LogP contribution in [0.1, 0.15) is 18.5 Å². The van der Waals surface area contributed by atoms with Crippen LogP contribution in [0, 0.1) is 0 Å². The molecule has 0 saturated carbocycles. The molecule has 1 heterocycles. The molecule has 0 aliphatic carbocycles. The van der Waals surface area contributed by atoms with Crippen molar-refractivity contribution in [1.29, 1.82) is 0 Å². The van der Waals surface area contributed by atoms with Gasteiger partial charge in [0.2, 0.25) is 0 Å². The number of carbonyl (C=O) groups excluding carboxylic acids is 1. The van der Waals surface area contributed by atoms with E-state index in [9.17, 15) is 10.0 Å². The number of fused-ring (bicyclic) bond motifs is 3. The summed E-state index contributed by atoms with van der Waals surface area (Å²) in [5.41, 5.74) is 7.44. The van der Waals surface area contributed by atoms with Crippen molar-refractivity contribution < 1.29 is 14.4 Å². The van der Waals surface area contributed by atoms with E-state index in [4.69, 9.17) is 10.2 Å². The molecule has 0 spiro atoms. The van der Waals surface area contributed by atoms with Gasteiger partial charge in [-0.1, -0.05) is 24.3 Å². The Kier molecular flexibility index (Phi) is 2.84. The summed E-state index contributed by atoms with van der Waals surface area (Å²) in [5, 5.41) is 12.1. The number of carbonyl (C=O) groups is 1. The maximum atomic E-state index is 11.0. The number of benzene rings is 2. The molecule has 0 aliphatic heterocycles. The summed E-state index contributed by atoms with van der Waals surface area (Å²) in [6.45, 7) is 1.70. The van der Waals surface area contributed by atoms with Gasteiger partial charge in [0.15, 0.2) is 0 Å². The number of urea groups is 1. The molecule has 5 heteroatoms. The van der Waals surface area contributed by atoms with Crippen LogP contribution in [0.2, 0.25) is 0 Å². The Labute approximate surface area is 115 Å². The third-order valence-electron chi connectivity index (χ3n) is 3.48. The molecular weight excluding hydrogens is 256 g/mol. The molecular formula is C15H14N2O3. The second-order valence-electron chi connectivity index (χ2n) is 4.71. The zero-order chi connectivity index (χ0) is 14.3. The van der Waals surface area contributed by atoms with Gasteiger partial charge in [-0.15, -0.1) is 0 Å². The fourth-order valence-electron chi connectivity index (χ4n) is 2.34. The summed E-state index contributed by atoms with van der Waals surface area (Å²) in [6, 6.07) is 11.9. The van der Waals surface area contributed by atoms with Gasteiger partial charge in [0, 0.05) is 10.8 Å². The van der Waals surface area contributed by atoms with Gasteiger partial charge in [-0.2, -0.15) is 5.06 Å². The molecule has 102 valence electrons. The zero-order valence-electron chi connectivity index (χ0n) is 10.9. The zero-order valence-corrected chi connectivity index (χ0v) is 10.9. The minimum Gasteiger partial charge on any atom is -0.456 e. The first-order valence-electron chi connectivity index (χ1n) is 6.26. The monoisotopic (exact) mass is 270 g/mol. The van der Waals surface area contributed by atoms with Crippen LogP contribution in [0.5, 0.6) is 0 Å². The highest BCUT2D eigenvalue weighted by molar-refractivity contribution is 6.05. The van der Waals surface area contributed by atoms with E-state index in [0.29, 0.717) is 5.06 Å². The SMILES string of the molecule is CC(c1ccc2oc3ccccc3c2c1)N(O)C(N)=O. The van der Waals surface area contributed by atoms with Crippen molar-refractivity contribution in [2.24, 2.45) is 5.73 Å². The molecule has 1 atom stereocenters. The molecule has 1 unspecified atom stereocenters. The molecule has 3 N–H and O–H groups in total. The normalized spacial score (nSPS) is 12.7. The van der Waals surface area contributed by atoms with E-state index in [1.807, 2.05) is 42.5 Å². The number of hydroxylamine groups is 2. The van der Waals surface area contributed by atoms with Crippen LogP contribution in [0.3, 0.4) is 0 Å². The average Bonchev–Trinajstić information content (AvgIpc) is 2.83. The van der Waals surface area contributed by atoms with Gasteiger partial charge in [-0.05, 0) is 30.7 Å².